The van der Waals surface area contributed by atoms with Crippen molar-refractivity contribution in [1.29, 1.82) is 0 Å². The van der Waals surface area contributed by atoms with E-state index in [1.807, 2.05) is 13.8 Å². The van der Waals surface area contributed by atoms with Crippen LogP contribution in [-0.2, 0) is 13.0 Å². The number of aryl methyl sites for hydroxylation is 3. The van der Waals surface area contributed by atoms with Gasteiger partial charge in [-0.25, -0.2) is 4.98 Å². The minimum atomic E-state index is -0.357. The predicted molar refractivity (Wildman–Crippen MR) is 104 cm³/mol. The highest BCUT2D eigenvalue weighted by molar-refractivity contribution is 7.09. The summed E-state index contributed by atoms with van der Waals surface area (Å²) >= 11 is 1.57. The number of amides is 1. The minimum absolute atomic E-state index is 0.165. The molecule has 140 valence electrons. The number of nitrogens with one attached hydrogen (secondary N) is 1. The van der Waals surface area contributed by atoms with Gasteiger partial charge in [-0.15, -0.1) is 11.3 Å². The Balaban J connectivity index is 1.74. The average Bonchev–Trinajstić information content (AvgIpc) is 3.04. The molecular formula is C19H21N5O2S. The molecule has 0 aromatic carbocycles. The van der Waals surface area contributed by atoms with Crippen LogP contribution in [0.1, 0.15) is 37.9 Å². The number of aromatic nitrogens is 4. The fourth-order valence-corrected chi connectivity index (χ4v) is 3.47. The monoisotopic (exact) mass is 383 g/mol. The van der Waals surface area contributed by atoms with Gasteiger partial charge in [0.05, 0.1) is 35.3 Å². The lowest BCUT2D eigenvalue weighted by Crippen LogP contribution is -2.35. The van der Waals surface area contributed by atoms with Crippen LogP contribution in [-0.4, -0.2) is 32.0 Å². The number of hydrogen-bond donors (Lipinski definition) is 1. The number of rotatable bonds is 6. The Morgan fingerprint density at radius 1 is 1.19 bits per heavy atom. The molecule has 7 nitrogen and oxygen atoms in total. The maximum atomic E-state index is 12.8. The molecule has 0 unspecified atom stereocenters. The fraction of sp³-hybridized carbons (Fsp3) is 0.316. The van der Waals surface area contributed by atoms with Gasteiger partial charge in [0.25, 0.3) is 11.5 Å². The van der Waals surface area contributed by atoms with E-state index in [2.05, 4.69) is 20.3 Å². The van der Waals surface area contributed by atoms with Crippen molar-refractivity contribution in [2.24, 2.45) is 0 Å². The van der Waals surface area contributed by atoms with Crippen LogP contribution in [0.15, 0.2) is 35.0 Å². The van der Waals surface area contributed by atoms with E-state index < -0.39 is 0 Å². The SMILES string of the molecule is Cc1cnc(Cn2ccc(C)c(C(=O)NCCc3scnc3C)c2=O)cn1. The molecule has 8 heteroatoms. The third kappa shape index (κ3) is 4.46. The van der Waals surface area contributed by atoms with Gasteiger partial charge < -0.3 is 9.88 Å². The minimum Gasteiger partial charge on any atom is -0.351 e. The van der Waals surface area contributed by atoms with Crippen LogP contribution in [0.2, 0.25) is 0 Å². The van der Waals surface area contributed by atoms with Crippen LogP contribution in [0.3, 0.4) is 0 Å². The molecule has 0 bridgehead atoms. The third-order valence-electron chi connectivity index (χ3n) is 4.25. The molecular weight excluding hydrogens is 362 g/mol. The van der Waals surface area contributed by atoms with E-state index in [9.17, 15) is 9.59 Å². The Hall–Kier alpha value is -2.87. The molecule has 0 radical (unpaired) electrons. The summed E-state index contributed by atoms with van der Waals surface area (Å²) in [6, 6.07) is 1.77. The van der Waals surface area contributed by atoms with E-state index in [1.54, 1.807) is 48.4 Å². The molecule has 3 rings (SSSR count). The molecule has 0 aliphatic heterocycles. The van der Waals surface area contributed by atoms with E-state index in [1.165, 1.54) is 4.57 Å². The Labute approximate surface area is 161 Å². The maximum absolute atomic E-state index is 12.8. The van der Waals surface area contributed by atoms with Crippen molar-refractivity contribution in [3.63, 3.8) is 0 Å². The summed E-state index contributed by atoms with van der Waals surface area (Å²) in [7, 11) is 0. The van der Waals surface area contributed by atoms with E-state index in [0.29, 0.717) is 24.2 Å². The second kappa shape index (κ2) is 8.22. The van der Waals surface area contributed by atoms with E-state index in [-0.39, 0.29) is 23.6 Å². The predicted octanol–water partition coefficient (Wildman–Crippen LogP) is 2.04. The zero-order valence-electron chi connectivity index (χ0n) is 15.5. The van der Waals surface area contributed by atoms with Gasteiger partial charge >= 0.3 is 0 Å². The molecule has 3 aromatic rings. The lowest BCUT2D eigenvalue weighted by molar-refractivity contribution is 0.0951. The van der Waals surface area contributed by atoms with Gasteiger partial charge in [-0.05, 0) is 32.4 Å². The molecule has 1 amide bonds. The Bertz CT molecular complexity index is 1010. The maximum Gasteiger partial charge on any atom is 0.264 e. The van der Waals surface area contributed by atoms with E-state index >= 15 is 0 Å². The first-order chi connectivity index (χ1) is 13.0. The van der Waals surface area contributed by atoms with Crippen LogP contribution < -0.4 is 10.9 Å². The van der Waals surface area contributed by atoms with Crippen molar-refractivity contribution >= 4 is 17.2 Å². The summed E-state index contributed by atoms with van der Waals surface area (Å²) in [5.74, 6) is -0.357. The van der Waals surface area contributed by atoms with Gasteiger partial charge in [-0.2, -0.15) is 0 Å². The zero-order chi connectivity index (χ0) is 19.4. The molecule has 0 saturated carbocycles. The summed E-state index contributed by atoms with van der Waals surface area (Å²) in [4.78, 5) is 39.2. The summed E-state index contributed by atoms with van der Waals surface area (Å²) < 4.78 is 1.48. The van der Waals surface area contributed by atoms with E-state index in [4.69, 9.17) is 0 Å². The number of carbonyl (C=O) groups is 1. The first kappa shape index (κ1) is 18.9. The van der Waals surface area contributed by atoms with Crippen LogP contribution in [0.4, 0.5) is 0 Å². The van der Waals surface area contributed by atoms with Crippen molar-refractivity contribution in [3.05, 3.63) is 73.6 Å². The molecule has 0 aliphatic carbocycles. The molecule has 0 aliphatic rings. The summed E-state index contributed by atoms with van der Waals surface area (Å²) in [5.41, 5.74) is 4.73. The Kier molecular flexibility index (Phi) is 5.75. The number of hydrogen-bond acceptors (Lipinski definition) is 6. The van der Waals surface area contributed by atoms with Crippen molar-refractivity contribution in [3.8, 4) is 0 Å². The smallest absolute Gasteiger partial charge is 0.264 e. The quantitative estimate of drug-likeness (QED) is 0.704. The lowest BCUT2D eigenvalue weighted by Gasteiger charge is -2.11. The molecule has 27 heavy (non-hydrogen) atoms. The highest BCUT2D eigenvalue weighted by atomic mass is 32.1. The van der Waals surface area contributed by atoms with Crippen molar-refractivity contribution in [1.82, 2.24) is 24.8 Å². The second-order valence-corrected chi connectivity index (χ2v) is 7.26. The molecule has 0 fully saturated rings. The largest absolute Gasteiger partial charge is 0.351 e. The van der Waals surface area contributed by atoms with Gasteiger partial charge in [-0.3, -0.25) is 19.6 Å². The van der Waals surface area contributed by atoms with Crippen molar-refractivity contribution < 1.29 is 4.79 Å². The highest BCUT2D eigenvalue weighted by Gasteiger charge is 2.16. The topological polar surface area (TPSA) is 89.8 Å². The standard InChI is InChI=1S/C19H21N5O2S/c1-12-5-7-24(10-15-9-21-13(2)8-22-15)19(26)17(12)18(25)20-6-4-16-14(3)23-11-27-16/h5,7-9,11H,4,6,10H2,1-3H3,(H,20,25). The molecule has 0 atom stereocenters. The highest BCUT2D eigenvalue weighted by Crippen LogP contribution is 2.12. The second-order valence-electron chi connectivity index (χ2n) is 6.32. The fourth-order valence-electron chi connectivity index (χ4n) is 2.69. The normalized spacial score (nSPS) is 10.8. The first-order valence-corrected chi connectivity index (χ1v) is 9.48. The zero-order valence-corrected chi connectivity index (χ0v) is 16.3. The molecule has 0 spiro atoms. The van der Waals surface area contributed by atoms with Gasteiger partial charge in [0.15, 0.2) is 0 Å². The third-order valence-corrected chi connectivity index (χ3v) is 5.24. The van der Waals surface area contributed by atoms with Crippen LogP contribution in [0, 0.1) is 20.8 Å². The van der Waals surface area contributed by atoms with Crippen LogP contribution in [0.5, 0.6) is 0 Å². The molecule has 0 saturated heterocycles. The summed E-state index contributed by atoms with van der Waals surface area (Å²) in [5, 5.41) is 2.84. The van der Waals surface area contributed by atoms with Crippen molar-refractivity contribution in [2.75, 3.05) is 6.54 Å². The van der Waals surface area contributed by atoms with Crippen LogP contribution >= 0.6 is 11.3 Å². The number of carbonyl (C=O) groups excluding carboxylic acids is 1. The number of pyridine rings is 1. The molecule has 1 N–H and O–H groups in total. The van der Waals surface area contributed by atoms with Gasteiger partial charge in [0, 0.05) is 30.2 Å². The van der Waals surface area contributed by atoms with Gasteiger partial charge in [0.2, 0.25) is 0 Å². The average molecular weight is 383 g/mol. The molecule has 3 heterocycles. The summed E-state index contributed by atoms with van der Waals surface area (Å²) in [6.45, 7) is 6.29. The molecule has 3 aromatic heterocycles. The lowest BCUT2D eigenvalue weighted by atomic mass is 10.1. The number of nitrogens with zero attached hydrogens (tertiary/aromatic N) is 4. The first-order valence-electron chi connectivity index (χ1n) is 8.60. The van der Waals surface area contributed by atoms with Gasteiger partial charge in [0.1, 0.15) is 5.56 Å². The number of thiazole rings is 1. The van der Waals surface area contributed by atoms with Crippen molar-refractivity contribution in [2.45, 2.75) is 33.7 Å². The summed E-state index contributed by atoms with van der Waals surface area (Å²) in [6.07, 6.45) is 5.67. The Morgan fingerprint density at radius 3 is 2.67 bits per heavy atom. The van der Waals surface area contributed by atoms with Gasteiger partial charge in [-0.1, -0.05) is 0 Å². The van der Waals surface area contributed by atoms with E-state index in [0.717, 1.165) is 16.3 Å². The van der Waals surface area contributed by atoms with Crippen LogP contribution in [0.25, 0.3) is 0 Å². The Morgan fingerprint density at radius 2 is 2.00 bits per heavy atom.